The van der Waals surface area contributed by atoms with E-state index in [4.69, 9.17) is 9.72 Å². The third-order valence-electron chi connectivity index (χ3n) is 5.86. The molecule has 164 valence electrons. The van der Waals surface area contributed by atoms with Gasteiger partial charge in [-0.15, -0.1) is 10.2 Å². The predicted molar refractivity (Wildman–Crippen MR) is 121 cm³/mol. The monoisotopic (exact) mass is 431 g/mol. The quantitative estimate of drug-likeness (QED) is 0.404. The number of ether oxygens (including phenoxy) is 1. The summed E-state index contributed by atoms with van der Waals surface area (Å²) in [5.41, 5.74) is 1.60. The van der Waals surface area contributed by atoms with Crippen LogP contribution in [0.25, 0.3) is 22.3 Å². The summed E-state index contributed by atoms with van der Waals surface area (Å²) in [6, 6.07) is 6.43. The smallest absolute Gasteiger partial charge is 0.240 e. The van der Waals surface area contributed by atoms with Crippen molar-refractivity contribution in [2.45, 2.75) is 31.7 Å². The topological polar surface area (TPSA) is 126 Å². The Kier molecular flexibility index (Phi) is 5.73. The zero-order chi connectivity index (χ0) is 21.8. The summed E-state index contributed by atoms with van der Waals surface area (Å²) in [6.07, 6.45) is 11.2. The van der Waals surface area contributed by atoms with Crippen LogP contribution in [0, 0.1) is 5.92 Å². The Bertz CT molecular complexity index is 1160. The molecule has 0 radical (unpaired) electrons. The summed E-state index contributed by atoms with van der Waals surface area (Å²) in [4.78, 5) is 20.7. The fourth-order valence-electron chi connectivity index (χ4n) is 4.10. The van der Waals surface area contributed by atoms with Crippen LogP contribution in [0.4, 0.5) is 11.8 Å². The van der Waals surface area contributed by atoms with Gasteiger partial charge >= 0.3 is 0 Å². The van der Waals surface area contributed by atoms with Crippen molar-refractivity contribution in [2.75, 3.05) is 24.3 Å². The van der Waals surface area contributed by atoms with E-state index in [1.54, 1.807) is 25.7 Å². The lowest BCUT2D eigenvalue weighted by Crippen LogP contribution is -2.29. The van der Waals surface area contributed by atoms with E-state index in [-0.39, 0.29) is 0 Å². The highest BCUT2D eigenvalue weighted by Crippen LogP contribution is 2.28. The van der Waals surface area contributed by atoms with Crippen LogP contribution in [0.3, 0.4) is 0 Å². The highest BCUT2D eigenvalue weighted by molar-refractivity contribution is 5.84. The number of hydrogen-bond donors (Lipinski definition) is 3. The number of nitrogens with zero attached hydrogens (tertiary/aromatic N) is 6. The molecule has 4 aromatic rings. The van der Waals surface area contributed by atoms with Gasteiger partial charge in [0.25, 0.3) is 0 Å². The lowest BCUT2D eigenvalue weighted by molar-refractivity contribution is 0.350. The molecule has 10 heteroatoms. The molecule has 4 aromatic heterocycles. The summed E-state index contributed by atoms with van der Waals surface area (Å²) in [7, 11) is 1.62. The Morgan fingerprint density at radius 3 is 2.66 bits per heavy atom. The van der Waals surface area contributed by atoms with E-state index in [2.05, 4.69) is 46.8 Å². The molecule has 32 heavy (non-hydrogen) atoms. The van der Waals surface area contributed by atoms with Gasteiger partial charge in [-0.3, -0.25) is 0 Å². The van der Waals surface area contributed by atoms with Gasteiger partial charge in [0.2, 0.25) is 11.8 Å². The molecule has 0 spiro atoms. The third kappa shape index (κ3) is 4.43. The van der Waals surface area contributed by atoms with Crippen molar-refractivity contribution in [3.05, 3.63) is 43.1 Å². The molecule has 4 heterocycles. The zero-order valence-electron chi connectivity index (χ0n) is 17.8. The van der Waals surface area contributed by atoms with E-state index in [0.717, 1.165) is 54.5 Å². The van der Waals surface area contributed by atoms with Crippen LogP contribution in [0.5, 0.6) is 5.88 Å². The molecule has 5 rings (SSSR count). The molecule has 0 atom stereocenters. The molecule has 1 aliphatic carbocycles. The largest absolute Gasteiger partial charge is 0.479 e. The van der Waals surface area contributed by atoms with Crippen LogP contribution in [-0.4, -0.2) is 54.8 Å². The second-order valence-electron chi connectivity index (χ2n) is 7.96. The van der Waals surface area contributed by atoms with Gasteiger partial charge < -0.3 is 20.4 Å². The summed E-state index contributed by atoms with van der Waals surface area (Å²) < 4.78 is 5.35. The summed E-state index contributed by atoms with van der Waals surface area (Å²) in [6.45, 7) is 0.867. The first-order valence-electron chi connectivity index (χ1n) is 10.8. The standard InChI is InChI=1S/C22H25N9O/c1-32-21-19-15(8-9-23-21)4-7-18(30-19)29-17-5-2-14(3-6-17)10-24-22-25-11-16(12-26-22)20-27-13-28-31-20/h4,7-9,11-14,17H,2-3,5-6,10H2,1H3,(H,29,30)(H,24,25,26)(H,27,28,31)/t14-,17-. The molecule has 0 unspecified atom stereocenters. The van der Waals surface area contributed by atoms with Crippen LogP contribution in [0.1, 0.15) is 25.7 Å². The van der Waals surface area contributed by atoms with E-state index in [9.17, 15) is 0 Å². The van der Waals surface area contributed by atoms with Gasteiger partial charge in [-0.05, 0) is 49.8 Å². The van der Waals surface area contributed by atoms with E-state index in [1.807, 2.05) is 12.1 Å². The predicted octanol–water partition coefficient (Wildman–Crippen LogP) is 3.30. The molecular weight excluding hydrogens is 406 g/mol. The molecule has 0 bridgehead atoms. The number of pyridine rings is 2. The van der Waals surface area contributed by atoms with Crippen molar-refractivity contribution < 1.29 is 4.74 Å². The van der Waals surface area contributed by atoms with Gasteiger partial charge in [-0.1, -0.05) is 0 Å². The van der Waals surface area contributed by atoms with Crippen LogP contribution in [0.2, 0.25) is 0 Å². The molecule has 0 aliphatic heterocycles. The van der Waals surface area contributed by atoms with Crippen LogP contribution >= 0.6 is 0 Å². The van der Waals surface area contributed by atoms with E-state index in [0.29, 0.717) is 29.6 Å². The maximum Gasteiger partial charge on any atom is 0.240 e. The first kappa shape index (κ1) is 20.1. The lowest BCUT2D eigenvalue weighted by Gasteiger charge is -2.29. The number of H-pyrrole nitrogens is 1. The Balaban J connectivity index is 1.12. The SMILES string of the molecule is COc1nccc2ccc(N[C@H]3CC[C@H](CNc4ncc(-c5nnc[nH]5)cn4)CC3)nc12. The zero-order valence-corrected chi connectivity index (χ0v) is 17.8. The van der Waals surface area contributed by atoms with Gasteiger partial charge in [0.05, 0.1) is 12.7 Å². The van der Waals surface area contributed by atoms with Gasteiger partial charge in [-0.25, -0.2) is 19.9 Å². The molecule has 0 aromatic carbocycles. The summed E-state index contributed by atoms with van der Waals surface area (Å²) in [5.74, 6) is 3.32. The summed E-state index contributed by atoms with van der Waals surface area (Å²) in [5, 5.41) is 15.7. The number of aromatic nitrogens is 7. The molecule has 1 fully saturated rings. The average molecular weight is 432 g/mol. The summed E-state index contributed by atoms with van der Waals surface area (Å²) >= 11 is 0. The second-order valence-corrected chi connectivity index (χ2v) is 7.96. The van der Waals surface area contributed by atoms with Gasteiger partial charge in [0.15, 0.2) is 5.82 Å². The third-order valence-corrected chi connectivity index (χ3v) is 5.86. The number of hydrogen-bond acceptors (Lipinski definition) is 9. The Hall–Kier alpha value is -3.82. The van der Waals surface area contributed by atoms with E-state index >= 15 is 0 Å². The van der Waals surface area contributed by atoms with Crippen molar-refractivity contribution in [3.63, 3.8) is 0 Å². The average Bonchev–Trinajstić information content (AvgIpc) is 3.39. The van der Waals surface area contributed by atoms with Gasteiger partial charge in [0, 0.05) is 36.6 Å². The van der Waals surface area contributed by atoms with Crippen molar-refractivity contribution in [1.29, 1.82) is 0 Å². The minimum absolute atomic E-state index is 0.413. The van der Waals surface area contributed by atoms with Crippen molar-refractivity contribution in [2.24, 2.45) is 5.92 Å². The molecule has 1 aliphatic rings. The number of aromatic amines is 1. The molecule has 10 nitrogen and oxygen atoms in total. The van der Waals surface area contributed by atoms with Crippen molar-refractivity contribution >= 4 is 22.7 Å². The number of nitrogens with one attached hydrogen (secondary N) is 3. The highest BCUT2D eigenvalue weighted by Gasteiger charge is 2.21. The van der Waals surface area contributed by atoms with E-state index < -0.39 is 0 Å². The van der Waals surface area contributed by atoms with Crippen LogP contribution in [-0.2, 0) is 0 Å². The number of methoxy groups -OCH3 is 1. The Morgan fingerprint density at radius 1 is 1.06 bits per heavy atom. The number of rotatable bonds is 7. The molecular formula is C22H25N9O. The molecule has 0 amide bonds. The minimum atomic E-state index is 0.413. The highest BCUT2D eigenvalue weighted by atomic mass is 16.5. The Labute approximate surface area is 185 Å². The second kappa shape index (κ2) is 9.13. The van der Waals surface area contributed by atoms with Crippen molar-refractivity contribution in [1.82, 2.24) is 35.1 Å². The van der Waals surface area contributed by atoms with E-state index in [1.165, 1.54) is 6.33 Å². The fraction of sp³-hybridized carbons (Fsp3) is 0.364. The van der Waals surface area contributed by atoms with Crippen LogP contribution < -0.4 is 15.4 Å². The maximum atomic E-state index is 5.35. The molecule has 3 N–H and O–H groups in total. The Morgan fingerprint density at radius 2 is 1.91 bits per heavy atom. The maximum absolute atomic E-state index is 5.35. The minimum Gasteiger partial charge on any atom is -0.479 e. The normalized spacial score (nSPS) is 18.4. The molecule has 1 saturated carbocycles. The molecule has 0 saturated heterocycles. The van der Waals surface area contributed by atoms with Gasteiger partial charge in [-0.2, -0.15) is 0 Å². The number of anilines is 2. The fourth-order valence-corrected chi connectivity index (χ4v) is 4.10. The lowest BCUT2D eigenvalue weighted by atomic mass is 9.86. The first-order chi connectivity index (χ1) is 15.8. The number of fused-ring (bicyclic) bond motifs is 1. The van der Waals surface area contributed by atoms with Crippen LogP contribution in [0.15, 0.2) is 43.1 Å². The van der Waals surface area contributed by atoms with Crippen molar-refractivity contribution in [3.8, 4) is 17.3 Å². The van der Waals surface area contributed by atoms with Gasteiger partial charge in [0.1, 0.15) is 17.7 Å². The first-order valence-corrected chi connectivity index (χ1v) is 10.8.